The maximum atomic E-state index is 12.7. The zero-order valence-electron chi connectivity index (χ0n) is 13.7. The van der Waals surface area contributed by atoms with Crippen LogP contribution in [0.25, 0.3) is 0 Å². The van der Waals surface area contributed by atoms with Gasteiger partial charge in [0.15, 0.2) is 5.76 Å². The average Bonchev–Trinajstić information content (AvgIpc) is 3.06. The summed E-state index contributed by atoms with van der Waals surface area (Å²) in [5.74, 6) is -0.0562. The molecule has 1 fully saturated rings. The summed E-state index contributed by atoms with van der Waals surface area (Å²) in [4.78, 5) is 12.6. The van der Waals surface area contributed by atoms with Crippen molar-refractivity contribution in [1.82, 2.24) is 20.5 Å². The minimum Gasteiger partial charge on any atom is -0.360 e. The number of aromatic nitrogens is 1. The Morgan fingerprint density at radius 1 is 1.26 bits per heavy atom. The van der Waals surface area contributed by atoms with Crippen LogP contribution in [0.5, 0.6) is 0 Å². The number of carbonyl (C=O) groups excluding carboxylic acids is 1. The summed E-state index contributed by atoms with van der Waals surface area (Å²) in [6.07, 6.45) is 2.59. The predicted octanol–water partition coefficient (Wildman–Crippen LogP) is 0.218. The summed E-state index contributed by atoms with van der Waals surface area (Å²) in [5.41, 5.74) is -0.804. The smallest absolute Gasteiger partial charge is 0.246 e. The van der Waals surface area contributed by atoms with E-state index in [1.54, 1.807) is 20.9 Å². The van der Waals surface area contributed by atoms with E-state index in [1.165, 1.54) is 0 Å². The Kier molecular flexibility index (Phi) is 5.43. The van der Waals surface area contributed by atoms with Crippen molar-refractivity contribution >= 4 is 15.9 Å². The van der Waals surface area contributed by atoms with Gasteiger partial charge in [-0.2, -0.15) is 4.72 Å². The molecule has 1 aliphatic rings. The Hall–Kier alpha value is -1.45. The molecule has 9 heteroatoms. The highest BCUT2D eigenvalue weighted by Crippen LogP contribution is 2.32. The fourth-order valence-corrected chi connectivity index (χ4v) is 4.75. The summed E-state index contributed by atoms with van der Waals surface area (Å²) >= 11 is 0. The predicted molar refractivity (Wildman–Crippen MR) is 84.4 cm³/mol. The van der Waals surface area contributed by atoms with Gasteiger partial charge in [0.05, 0.1) is 0 Å². The first-order valence-corrected chi connectivity index (χ1v) is 9.20. The molecule has 0 spiro atoms. The third kappa shape index (κ3) is 3.73. The highest BCUT2D eigenvalue weighted by atomic mass is 32.2. The van der Waals surface area contributed by atoms with Crippen LogP contribution in [0.3, 0.4) is 0 Å². The summed E-state index contributed by atoms with van der Waals surface area (Å²) in [5, 5.41) is 9.42. The minimum atomic E-state index is -3.88. The van der Waals surface area contributed by atoms with Crippen LogP contribution < -0.4 is 15.4 Å². The summed E-state index contributed by atoms with van der Waals surface area (Å²) < 4.78 is 33.0. The van der Waals surface area contributed by atoms with Crippen molar-refractivity contribution in [3.8, 4) is 0 Å². The molecule has 1 aromatic heterocycles. The topological polar surface area (TPSA) is 113 Å². The Bertz CT molecular complexity index is 643. The number of nitrogens with zero attached hydrogens (tertiary/aromatic N) is 1. The van der Waals surface area contributed by atoms with Crippen molar-refractivity contribution in [2.45, 2.75) is 50.0 Å². The molecule has 1 amide bonds. The van der Waals surface area contributed by atoms with Crippen LogP contribution in [-0.2, 0) is 14.8 Å². The second kappa shape index (κ2) is 6.98. The molecule has 1 saturated carbocycles. The van der Waals surface area contributed by atoms with Gasteiger partial charge in [0, 0.05) is 13.1 Å². The van der Waals surface area contributed by atoms with Gasteiger partial charge in [-0.25, -0.2) is 8.42 Å². The zero-order chi connectivity index (χ0) is 17.1. The maximum Gasteiger partial charge on any atom is 0.246 e. The SMILES string of the molecule is CNCCNC(=O)C1(NS(=O)(=O)c2c(C)noc2C)CCCC1. The Morgan fingerprint density at radius 3 is 2.43 bits per heavy atom. The Labute approximate surface area is 136 Å². The van der Waals surface area contributed by atoms with Gasteiger partial charge in [-0.15, -0.1) is 0 Å². The molecule has 0 unspecified atom stereocenters. The molecule has 1 aromatic rings. The second-order valence-electron chi connectivity index (χ2n) is 5.91. The molecule has 0 aliphatic heterocycles. The number of carbonyl (C=O) groups is 1. The quantitative estimate of drug-likeness (QED) is 0.610. The van der Waals surface area contributed by atoms with Crippen LogP contribution >= 0.6 is 0 Å². The normalized spacial score (nSPS) is 17.3. The summed E-state index contributed by atoms with van der Waals surface area (Å²) in [7, 11) is -2.09. The maximum absolute atomic E-state index is 12.7. The molecule has 1 aliphatic carbocycles. The molecule has 1 heterocycles. The lowest BCUT2D eigenvalue weighted by Gasteiger charge is -2.28. The Morgan fingerprint density at radius 2 is 1.91 bits per heavy atom. The molecule has 8 nitrogen and oxygen atoms in total. The molecule has 2 rings (SSSR count). The zero-order valence-corrected chi connectivity index (χ0v) is 14.5. The Balaban J connectivity index is 2.24. The van der Waals surface area contributed by atoms with E-state index in [-0.39, 0.29) is 16.6 Å². The van der Waals surface area contributed by atoms with Crippen LogP contribution in [0.2, 0.25) is 0 Å². The van der Waals surface area contributed by atoms with Crippen LogP contribution in [0.15, 0.2) is 9.42 Å². The molecule has 23 heavy (non-hydrogen) atoms. The fourth-order valence-electron chi connectivity index (χ4n) is 2.99. The van der Waals surface area contributed by atoms with E-state index < -0.39 is 15.6 Å². The first-order valence-electron chi connectivity index (χ1n) is 7.72. The fraction of sp³-hybridized carbons (Fsp3) is 0.714. The molecular formula is C14H24N4O4S. The van der Waals surface area contributed by atoms with Crippen molar-refractivity contribution in [2.24, 2.45) is 0 Å². The standard InChI is InChI=1S/C14H24N4O4S/c1-10-12(11(2)22-17-10)23(20,21)18-14(6-4-5-7-14)13(19)16-9-8-15-3/h15,18H,4-9H2,1-3H3,(H,16,19). The number of nitrogens with one attached hydrogen (secondary N) is 3. The third-order valence-corrected chi connectivity index (χ3v) is 5.90. The van der Waals surface area contributed by atoms with Crippen LogP contribution in [0.1, 0.15) is 37.1 Å². The van der Waals surface area contributed by atoms with Gasteiger partial charge in [0.25, 0.3) is 0 Å². The van der Waals surface area contributed by atoms with E-state index in [0.29, 0.717) is 31.6 Å². The van der Waals surface area contributed by atoms with E-state index >= 15 is 0 Å². The lowest BCUT2D eigenvalue weighted by atomic mass is 9.98. The van der Waals surface area contributed by atoms with Crippen LogP contribution in [-0.4, -0.2) is 45.2 Å². The van der Waals surface area contributed by atoms with Crippen molar-refractivity contribution < 1.29 is 17.7 Å². The van der Waals surface area contributed by atoms with E-state index in [1.807, 2.05) is 0 Å². The number of aryl methyl sites for hydroxylation is 2. The lowest BCUT2D eigenvalue weighted by molar-refractivity contribution is -0.126. The number of amides is 1. The summed E-state index contributed by atoms with van der Waals surface area (Å²) in [6, 6.07) is 0. The molecule has 0 atom stereocenters. The molecule has 0 saturated heterocycles. The van der Waals surface area contributed by atoms with Crippen LogP contribution in [0, 0.1) is 13.8 Å². The molecular weight excluding hydrogens is 320 g/mol. The number of likely N-dealkylation sites (N-methyl/N-ethyl adjacent to an activating group) is 1. The summed E-state index contributed by atoms with van der Waals surface area (Å²) in [6.45, 7) is 4.19. The van der Waals surface area contributed by atoms with Gasteiger partial charge in [0.1, 0.15) is 16.1 Å². The van der Waals surface area contributed by atoms with E-state index in [2.05, 4.69) is 20.5 Å². The van der Waals surface area contributed by atoms with Crippen LogP contribution in [0.4, 0.5) is 0 Å². The number of hydrogen-bond acceptors (Lipinski definition) is 6. The van der Waals surface area contributed by atoms with Gasteiger partial charge >= 0.3 is 0 Å². The third-order valence-electron chi connectivity index (χ3n) is 4.12. The van der Waals surface area contributed by atoms with Gasteiger partial charge in [-0.05, 0) is 33.7 Å². The number of rotatable bonds is 7. The first-order chi connectivity index (χ1) is 10.8. The van der Waals surface area contributed by atoms with E-state index in [4.69, 9.17) is 4.52 Å². The molecule has 130 valence electrons. The van der Waals surface area contributed by atoms with E-state index in [0.717, 1.165) is 12.8 Å². The largest absolute Gasteiger partial charge is 0.360 e. The average molecular weight is 344 g/mol. The van der Waals surface area contributed by atoms with Crippen molar-refractivity contribution in [3.63, 3.8) is 0 Å². The molecule has 0 bridgehead atoms. The monoisotopic (exact) mass is 344 g/mol. The number of hydrogen-bond donors (Lipinski definition) is 3. The van der Waals surface area contributed by atoms with Crippen molar-refractivity contribution in [3.05, 3.63) is 11.5 Å². The molecule has 0 radical (unpaired) electrons. The number of sulfonamides is 1. The molecule has 3 N–H and O–H groups in total. The molecule has 0 aromatic carbocycles. The van der Waals surface area contributed by atoms with Gasteiger partial charge in [-0.3, -0.25) is 4.79 Å². The minimum absolute atomic E-state index is 0.0202. The first kappa shape index (κ1) is 17.9. The van der Waals surface area contributed by atoms with Gasteiger partial charge < -0.3 is 15.2 Å². The van der Waals surface area contributed by atoms with Crippen molar-refractivity contribution in [2.75, 3.05) is 20.1 Å². The highest BCUT2D eigenvalue weighted by Gasteiger charge is 2.45. The highest BCUT2D eigenvalue weighted by molar-refractivity contribution is 7.89. The van der Waals surface area contributed by atoms with Gasteiger partial charge in [0.2, 0.25) is 15.9 Å². The second-order valence-corrected chi connectivity index (χ2v) is 7.53. The van der Waals surface area contributed by atoms with Gasteiger partial charge in [-0.1, -0.05) is 18.0 Å². The van der Waals surface area contributed by atoms with Crippen molar-refractivity contribution in [1.29, 1.82) is 0 Å². The lowest BCUT2D eigenvalue weighted by Crippen LogP contribution is -2.57. The van der Waals surface area contributed by atoms with E-state index in [9.17, 15) is 13.2 Å².